The quantitative estimate of drug-likeness (QED) is 0.772. The van der Waals surface area contributed by atoms with Gasteiger partial charge in [-0.15, -0.1) is 0 Å². The highest BCUT2D eigenvalue weighted by molar-refractivity contribution is 7.89. The summed E-state index contributed by atoms with van der Waals surface area (Å²) in [6.07, 6.45) is 7.05. The predicted molar refractivity (Wildman–Crippen MR) is 95.5 cm³/mol. The Labute approximate surface area is 145 Å². The van der Waals surface area contributed by atoms with Crippen LogP contribution in [0, 0.1) is 0 Å². The molecule has 2 N–H and O–H groups in total. The van der Waals surface area contributed by atoms with Gasteiger partial charge >= 0.3 is 0 Å². The monoisotopic (exact) mass is 352 g/mol. The van der Waals surface area contributed by atoms with Crippen LogP contribution in [0.4, 0.5) is 0 Å². The summed E-state index contributed by atoms with van der Waals surface area (Å²) in [5.74, 6) is -0.240. The molecular weight excluding hydrogens is 324 g/mol. The van der Waals surface area contributed by atoms with Crippen LogP contribution in [-0.2, 0) is 10.0 Å². The second-order valence-corrected chi connectivity index (χ2v) is 8.33. The number of sulfonamides is 1. The van der Waals surface area contributed by atoms with Gasteiger partial charge in [0.25, 0.3) is 5.91 Å². The molecule has 0 aliphatic heterocycles. The van der Waals surface area contributed by atoms with Crippen LogP contribution in [0.5, 0.6) is 0 Å². The van der Waals surface area contributed by atoms with Gasteiger partial charge in [-0.2, -0.15) is 0 Å². The lowest BCUT2D eigenvalue weighted by atomic mass is 10.1. The van der Waals surface area contributed by atoms with Crippen LogP contribution in [-0.4, -0.2) is 26.4 Å². The number of hydrogen-bond donors (Lipinski definition) is 2. The van der Waals surface area contributed by atoms with Crippen LogP contribution in [0.1, 0.15) is 69.2 Å². The van der Waals surface area contributed by atoms with E-state index in [0.29, 0.717) is 5.56 Å². The maximum Gasteiger partial charge on any atom is 0.251 e. The van der Waals surface area contributed by atoms with E-state index in [-0.39, 0.29) is 22.9 Å². The molecule has 1 amide bonds. The molecular formula is C18H28N2O3S. The molecule has 1 aromatic carbocycles. The van der Waals surface area contributed by atoms with Crippen LogP contribution in [0.2, 0.25) is 0 Å². The molecule has 1 atom stereocenters. The fourth-order valence-electron chi connectivity index (χ4n) is 2.90. The average molecular weight is 353 g/mol. The Hall–Kier alpha value is -1.40. The first kappa shape index (κ1) is 18.9. The number of amides is 1. The first-order valence-electron chi connectivity index (χ1n) is 8.85. The van der Waals surface area contributed by atoms with Gasteiger partial charge in [0.1, 0.15) is 0 Å². The Morgan fingerprint density at radius 1 is 1.21 bits per heavy atom. The fourth-order valence-corrected chi connectivity index (χ4v) is 4.25. The number of benzene rings is 1. The maximum atomic E-state index is 12.6. The normalized spacial score (nSPS) is 17.9. The number of hydrogen-bond acceptors (Lipinski definition) is 3. The average Bonchev–Trinajstić information content (AvgIpc) is 2.83. The SMILES string of the molecule is CCC(C)NC(=O)c1cccc(S(=O)(=O)NC2CCCCCC2)c1. The molecule has 1 aromatic rings. The van der Waals surface area contributed by atoms with Gasteiger partial charge in [-0.3, -0.25) is 4.79 Å². The van der Waals surface area contributed by atoms with Crippen molar-refractivity contribution in [1.29, 1.82) is 0 Å². The standard InChI is InChI=1S/C18H28N2O3S/c1-3-14(2)19-18(21)15-9-8-12-17(13-15)24(22,23)20-16-10-6-4-5-7-11-16/h8-9,12-14,16,20H,3-7,10-11H2,1-2H3,(H,19,21). The van der Waals surface area contributed by atoms with E-state index >= 15 is 0 Å². The number of carbonyl (C=O) groups is 1. The second-order valence-electron chi connectivity index (χ2n) is 6.62. The molecule has 0 heterocycles. The first-order chi connectivity index (χ1) is 11.4. The molecule has 5 nitrogen and oxygen atoms in total. The van der Waals surface area contributed by atoms with E-state index in [1.54, 1.807) is 18.2 Å². The van der Waals surface area contributed by atoms with E-state index in [1.807, 2.05) is 13.8 Å². The van der Waals surface area contributed by atoms with E-state index in [0.717, 1.165) is 32.1 Å². The van der Waals surface area contributed by atoms with Gasteiger partial charge in [-0.25, -0.2) is 13.1 Å². The number of carbonyl (C=O) groups excluding carboxylic acids is 1. The van der Waals surface area contributed by atoms with Crippen molar-refractivity contribution >= 4 is 15.9 Å². The molecule has 6 heteroatoms. The molecule has 1 aliphatic rings. The van der Waals surface area contributed by atoms with Crippen molar-refractivity contribution in [2.45, 2.75) is 75.8 Å². The van der Waals surface area contributed by atoms with Crippen LogP contribution >= 0.6 is 0 Å². The molecule has 0 spiro atoms. The first-order valence-corrected chi connectivity index (χ1v) is 10.3. The molecule has 1 saturated carbocycles. The molecule has 1 unspecified atom stereocenters. The van der Waals surface area contributed by atoms with Crippen LogP contribution in [0.3, 0.4) is 0 Å². The molecule has 1 aliphatic carbocycles. The molecule has 0 saturated heterocycles. The Bertz CT molecular complexity index is 650. The van der Waals surface area contributed by atoms with Gasteiger partial charge < -0.3 is 5.32 Å². The number of nitrogens with one attached hydrogen (secondary N) is 2. The summed E-state index contributed by atoms with van der Waals surface area (Å²) < 4.78 is 28.1. The summed E-state index contributed by atoms with van der Waals surface area (Å²) in [7, 11) is -3.60. The lowest BCUT2D eigenvalue weighted by Crippen LogP contribution is -2.35. The van der Waals surface area contributed by atoms with Gasteiger partial charge in [0.15, 0.2) is 0 Å². The van der Waals surface area contributed by atoms with Crippen molar-refractivity contribution in [3.8, 4) is 0 Å². The minimum Gasteiger partial charge on any atom is -0.350 e. The third-order valence-electron chi connectivity index (χ3n) is 4.57. The lowest BCUT2D eigenvalue weighted by molar-refractivity contribution is 0.0939. The van der Waals surface area contributed by atoms with E-state index in [2.05, 4.69) is 10.0 Å². The summed E-state index contributed by atoms with van der Waals surface area (Å²) in [5, 5.41) is 2.86. The number of rotatable bonds is 6. The van der Waals surface area contributed by atoms with Crippen LogP contribution in [0.15, 0.2) is 29.2 Å². The minimum absolute atomic E-state index is 0.00454. The lowest BCUT2D eigenvalue weighted by Gasteiger charge is -2.17. The summed E-state index contributed by atoms with van der Waals surface area (Å²) in [6.45, 7) is 3.91. The van der Waals surface area contributed by atoms with Crippen LogP contribution in [0.25, 0.3) is 0 Å². The van der Waals surface area contributed by atoms with Gasteiger partial charge in [0, 0.05) is 17.6 Å². The third kappa shape index (κ3) is 5.31. The van der Waals surface area contributed by atoms with Crippen molar-refractivity contribution in [2.24, 2.45) is 0 Å². The topological polar surface area (TPSA) is 75.3 Å². The van der Waals surface area contributed by atoms with Gasteiger partial charge in [-0.05, 0) is 44.4 Å². The Kier molecular flexibility index (Phi) is 6.80. The third-order valence-corrected chi connectivity index (χ3v) is 6.09. The zero-order chi connectivity index (χ0) is 17.6. The van der Waals surface area contributed by atoms with Crippen molar-refractivity contribution in [1.82, 2.24) is 10.0 Å². The second kappa shape index (κ2) is 8.62. The summed E-state index contributed by atoms with van der Waals surface area (Å²) in [5.41, 5.74) is 0.374. The fraction of sp³-hybridized carbons (Fsp3) is 0.611. The van der Waals surface area contributed by atoms with E-state index in [4.69, 9.17) is 0 Å². The van der Waals surface area contributed by atoms with Gasteiger partial charge in [-0.1, -0.05) is 38.7 Å². The smallest absolute Gasteiger partial charge is 0.251 e. The maximum absolute atomic E-state index is 12.6. The minimum atomic E-state index is -3.60. The molecule has 1 fully saturated rings. The summed E-state index contributed by atoms with van der Waals surface area (Å²) in [4.78, 5) is 12.4. The molecule has 2 rings (SSSR count). The van der Waals surface area contributed by atoms with Crippen molar-refractivity contribution in [2.75, 3.05) is 0 Å². The molecule has 0 bridgehead atoms. The predicted octanol–water partition coefficient (Wildman–Crippen LogP) is 3.22. The van der Waals surface area contributed by atoms with Crippen molar-refractivity contribution in [3.63, 3.8) is 0 Å². The summed E-state index contributed by atoms with van der Waals surface area (Å²) in [6, 6.07) is 6.31. The van der Waals surface area contributed by atoms with E-state index < -0.39 is 10.0 Å². The highest BCUT2D eigenvalue weighted by atomic mass is 32.2. The van der Waals surface area contributed by atoms with Crippen molar-refractivity contribution < 1.29 is 13.2 Å². The Balaban J connectivity index is 2.12. The Morgan fingerprint density at radius 3 is 2.50 bits per heavy atom. The van der Waals surface area contributed by atoms with Gasteiger partial charge in [0.05, 0.1) is 4.90 Å². The van der Waals surface area contributed by atoms with E-state index in [9.17, 15) is 13.2 Å². The highest BCUT2D eigenvalue weighted by Gasteiger charge is 2.22. The Morgan fingerprint density at radius 2 is 1.88 bits per heavy atom. The van der Waals surface area contributed by atoms with Crippen molar-refractivity contribution in [3.05, 3.63) is 29.8 Å². The molecule has 134 valence electrons. The molecule has 0 aromatic heterocycles. The summed E-state index contributed by atoms with van der Waals surface area (Å²) >= 11 is 0. The van der Waals surface area contributed by atoms with Crippen LogP contribution < -0.4 is 10.0 Å². The van der Waals surface area contributed by atoms with Gasteiger partial charge in [0.2, 0.25) is 10.0 Å². The molecule has 24 heavy (non-hydrogen) atoms. The zero-order valence-corrected chi connectivity index (χ0v) is 15.4. The zero-order valence-electron chi connectivity index (χ0n) is 14.5. The molecule has 0 radical (unpaired) electrons. The largest absolute Gasteiger partial charge is 0.350 e. The highest BCUT2D eigenvalue weighted by Crippen LogP contribution is 2.20. The van der Waals surface area contributed by atoms with E-state index in [1.165, 1.54) is 18.9 Å².